The summed E-state index contributed by atoms with van der Waals surface area (Å²) < 4.78 is 0. The second-order valence-electron chi connectivity index (χ2n) is 6.65. The number of likely N-dealkylation sites (tertiary alicyclic amines) is 1. The number of hydrogen-bond donors (Lipinski definition) is 1. The highest BCUT2D eigenvalue weighted by molar-refractivity contribution is 5.19. The molecule has 2 aliphatic heterocycles. The Morgan fingerprint density at radius 1 is 1.15 bits per heavy atom. The first-order valence-corrected chi connectivity index (χ1v) is 8.33. The molecule has 0 radical (unpaired) electrons. The van der Waals surface area contributed by atoms with Crippen molar-refractivity contribution in [2.75, 3.05) is 26.2 Å². The molecule has 20 heavy (non-hydrogen) atoms. The quantitative estimate of drug-likeness (QED) is 0.905. The van der Waals surface area contributed by atoms with Gasteiger partial charge in [0.25, 0.3) is 0 Å². The van der Waals surface area contributed by atoms with Gasteiger partial charge in [0.2, 0.25) is 0 Å². The standard InChI is InChI=1S/C18H28N2/c1-15(16-6-3-2-4-7-16)14-20-12-9-17(10-13-20)18-8-5-11-19-18/h2-4,6-7,15,17-19H,5,8-14H2,1H3. The van der Waals surface area contributed by atoms with Crippen LogP contribution in [0.2, 0.25) is 0 Å². The number of benzene rings is 1. The van der Waals surface area contributed by atoms with E-state index in [-0.39, 0.29) is 0 Å². The van der Waals surface area contributed by atoms with Crippen LogP contribution in [0, 0.1) is 5.92 Å². The van der Waals surface area contributed by atoms with E-state index in [9.17, 15) is 0 Å². The maximum atomic E-state index is 3.69. The Morgan fingerprint density at radius 3 is 2.55 bits per heavy atom. The molecule has 2 nitrogen and oxygen atoms in total. The monoisotopic (exact) mass is 272 g/mol. The molecule has 1 aromatic carbocycles. The summed E-state index contributed by atoms with van der Waals surface area (Å²) in [5.74, 6) is 1.58. The zero-order valence-electron chi connectivity index (χ0n) is 12.7. The second-order valence-corrected chi connectivity index (χ2v) is 6.65. The summed E-state index contributed by atoms with van der Waals surface area (Å²) in [6.45, 7) is 7.41. The van der Waals surface area contributed by atoms with E-state index in [0.29, 0.717) is 5.92 Å². The third-order valence-corrected chi connectivity index (χ3v) is 5.20. The van der Waals surface area contributed by atoms with E-state index < -0.39 is 0 Å². The van der Waals surface area contributed by atoms with E-state index >= 15 is 0 Å². The van der Waals surface area contributed by atoms with Crippen LogP contribution in [0.25, 0.3) is 0 Å². The van der Waals surface area contributed by atoms with E-state index in [1.165, 1.54) is 57.4 Å². The molecule has 3 rings (SSSR count). The van der Waals surface area contributed by atoms with Gasteiger partial charge in [-0.15, -0.1) is 0 Å². The lowest BCUT2D eigenvalue weighted by Gasteiger charge is -2.36. The molecule has 0 spiro atoms. The molecular formula is C18H28N2. The Hall–Kier alpha value is -0.860. The average molecular weight is 272 g/mol. The van der Waals surface area contributed by atoms with Crippen LogP contribution in [0.4, 0.5) is 0 Å². The summed E-state index contributed by atoms with van der Waals surface area (Å²) in [6, 6.07) is 11.8. The number of hydrogen-bond acceptors (Lipinski definition) is 2. The smallest absolute Gasteiger partial charge is 0.00967 e. The van der Waals surface area contributed by atoms with Crippen LogP contribution >= 0.6 is 0 Å². The summed E-state index contributed by atoms with van der Waals surface area (Å²) in [5, 5.41) is 3.69. The Kier molecular flexibility index (Phi) is 4.74. The first kappa shape index (κ1) is 14.1. The predicted molar refractivity (Wildman–Crippen MR) is 85.0 cm³/mol. The molecule has 0 bridgehead atoms. The van der Waals surface area contributed by atoms with E-state index in [4.69, 9.17) is 0 Å². The molecule has 0 aromatic heterocycles. The topological polar surface area (TPSA) is 15.3 Å². The van der Waals surface area contributed by atoms with Gasteiger partial charge in [0.15, 0.2) is 0 Å². The zero-order chi connectivity index (χ0) is 13.8. The molecule has 1 N–H and O–H groups in total. The number of nitrogens with one attached hydrogen (secondary N) is 1. The molecule has 2 heterocycles. The van der Waals surface area contributed by atoms with Gasteiger partial charge in [-0.3, -0.25) is 0 Å². The molecule has 110 valence electrons. The minimum atomic E-state index is 0.650. The lowest BCUT2D eigenvalue weighted by Crippen LogP contribution is -2.41. The van der Waals surface area contributed by atoms with Crippen molar-refractivity contribution >= 4 is 0 Å². The molecule has 2 fully saturated rings. The fourth-order valence-corrected chi connectivity index (χ4v) is 3.93. The van der Waals surface area contributed by atoms with Gasteiger partial charge < -0.3 is 10.2 Å². The van der Waals surface area contributed by atoms with Gasteiger partial charge >= 0.3 is 0 Å². The highest BCUT2D eigenvalue weighted by Gasteiger charge is 2.28. The van der Waals surface area contributed by atoms with Crippen LogP contribution in [0.3, 0.4) is 0 Å². The molecule has 0 aliphatic carbocycles. The van der Waals surface area contributed by atoms with Gasteiger partial charge in [0.05, 0.1) is 0 Å². The fourth-order valence-electron chi connectivity index (χ4n) is 3.93. The normalized spacial score (nSPS) is 26.8. The maximum absolute atomic E-state index is 3.69. The van der Waals surface area contributed by atoms with Crippen molar-refractivity contribution in [3.63, 3.8) is 0 Å². The maximum Gasteiger partial charge on any atom is 0.00967 e. The van der Waals surface area contributed by atoms with E-state index in [2.05, 4.69) is 47.5 Å². The highest BCUT2D eigenvalue weighted by Crippen LogP contribution is 2.27. The van der Waals surface area contributed by atoms with Crippen LogP contribution in [0.1, 0.15) is 44.1 Å². The molecule has 0 saturated carbocycles. The Morgan fingerprint density at radius 2 is 1.90 bits per heavy atom. The molecule has 2 heteroatoms. The van der Waals surface area contributed by atoms with Gasteiger partial charge in [-0.1, -0.05) is 37.3 Å². The average Bonchev–Trinajstić information content (AvgIpc) is 3.03. The summed E-state index contributed by atoms with van der Waals surface area (Å²) >= 11 is 0. The Bertz CT molecular complexity index is 389. The van der Waals surface area contributed by atoms with Crippen molar-refractivity contribution in [3.8, 4) is 0 Å². The third kappa shape index (κ3) is 3.42. The summed E-state index contributed by atoms with van der Waals surface area (Å²) in [4.78, 5) is 2.67. The van der Waals surface area contributed by atoms with Crippen molar-refractivity contribution in [3.05, 3.63) is 35.9 Å². The van der Waals surface area contributed by atoms with Crippen LogP contribution in [-0.2, 0) is 0 Å². The fraction of sp³-hybridized carbons (Fsp3) is 0.667. The minimum Gasteiger partial charge on any atom is -0.314 e. The lowest BCUT2D eigenvalue weighted by molar-refractivity contribution is 0.158. The van der Waals surface area contributed by atoms with Crippen molar-refractivity contribution in [1.29, 1.82) is 0 Å². The predicted octanol–water partition coefficient (Wildman–Crippen LogP) is 3.25. The van der Waals surface area contributed by atoms with Crippen LogP contribution in [0.15, 0.2) is 30.3 Å². The van der Waals surface area contributed by atoms with E-state index in [1.807, 2.05) is 0 Å². The van der Waals surface area contributed by atoms with Crippen molar-refractivity contribution < 1.29 is 0 Å². The molecule has 2 atom stereocenters. The third-order valence-electron chi connectivity index (χ3n) is 5.20. The molecule has 1 aromatic rings. The van der Waals surface area contributed by atoms with Crippen molar-refractivity contribution in [1.82, 2.24) is 10.2 Å². The summed E-state index contributed by atoms with van der Waals surface area (Å²) in [7, 11) is 0. The summed E-state index contributed by atoms with van der Waals surface area (Å²) in [5.41, 5.74) is 1.48. The SMILES string of the molecule is CC(CN1CCC(C2CCCN2)CC1)c1ccccc1. The van der Waals surface area contributed by atoms with Crippen LogP contribution in [0.5, 0.6) is 0 Å². The number of rotatable bonds is 4. The highest BCUT2D eigenvalue weighted by atomic mass is 15.1. The first-order chi connectivity index (χ1) is 9.83. The zero-order valence-corrected chi connectivity index (χ0v) is 12.7. The van der Waals surface area contributed by atoms with Gasteiger partial charge in [0.1, 0.15) is 0 Å². The van der Waals surface area contributed by atoms with Crippen LogP contribution in [-0.4, -0.2) is 37.1 Å². The van der Waals surface area contributed by atoms with Gasteiger partial charge in [0, 0.05) is 12.6 Å². The molecular weight excluding hydrogens is 244 g/mol. The molecule has 0 amide bonds. The van der Waals surface area contributed by atoms with E-state index in [0.717, 1.165) is 12.0 Å². The van der Waals surface area contributed by atoms with Gasteiger partial charge in [-0.25, -0.2) is 0 Å². The Balaban J connectivity index is 1.46. The largest absolute Gasteiger partial charge is 0.314 e. The second kappa shape index (κ2) is 6.73. The van der Waals surface area contributed by atoms with Crippen molar-refractivity contribution in [2.45, 2.75) is 44.6 Å². The lowest BCUT2D eigenvalue weighted by atomic mass is 9.88. The van der Waals surface area contributed by atoms with Crippen molar-refractivity contribution in [2.24, 2.45) is 5.92 Å². The molecule has 2 aliphatic rings. The molecule has 2 unspecified atom stereocenters. The number of piperidine rings is 1. The van der Waals surface area contributed by atoms with E-state index in [1.54, 1.807) is 0 Å². The Labute approximate surface area is 123 Å². The number of nitrogens with zero attached hydrogens (tertiary/aromatic N) is 1. The summed E-state index contributed by atoms with van der Waals surface area (Å²) in [6.07, 6.45) is 5.57. The van der Waals surface area contributed by atoms with Crippen LogP contribution < -0.4 is 5.32 Å². The van der Waals surface area contributed by atoms with Gasteiger partial charge in [-0.2, -0.15) is 0 Å². The molecule has 2 saturated heterocycles. The minimum absolute atomic E-state index is 0.650. The van der Waals surface area contributed by atoms with Gasteiger partial charge in [-0.05, 0) is 62.7 Å². The first-order valence-electron chi connectivity index (χ1n) is 8.33.